The van der Waals surface area contributed by atoms with E-state index in [9.17, 15) is 13.6 Å². The Balaban J connectivity index is 2.13. The van der Waals surface area contributed by atoms with Crippen LogP contribution in [0.4, 0.5) is 14.5 Å². The number of rotatable bonds is 4. The summed E-state index contributed by atoms with van der Waals surface area (Å²) in [6.45, 7) is 1.60. The number of carbonyl (C=O) groups is 1. The minimum absolute atomic E-state index is 0.411. The van der Waals surface area contributed by atoms with Crippen LogP contribution in [-0.2, 0) is 4.79 Å². The van der Waals surface area contributed by atoms with Crippen LogP contribution >= 0.6 is 35.0 Å². The minimum atomic E-state index is -0.832. The van der Waals surface area contributed by atoms with E-state index in [4.69, 9.17) is 23.2 Å². The molecule has 1 atom stereocenters. The van der Waals surface area contributed by atoms with Crippen LogP contribution in [0.5, 0.6) is 0 Å². The van der Waals surface area contributed by atoms with Gasteiger partial charge >= 0.3 is 0 Å². The van der Waals surface area contributed by atoms with Gasteiger partial charge in [0, 0.05) is 4.90 Å². The zero-order valence-electron chi connectivity index (χ0n) is 11.4. The predicted molar refractivity (Wildman–Crippen MR) is 86.8 cm³/mol. The Bertz CT molecular complexity index is 671. The molecule has 0 bridgehead atoms. The van der Waals surface area contributed by atoms with Gasteiger partial charge in [0.15, 0.2) is 0 Å². The monoisotopic (exact) mass is 361 g/mol. The minimum Gasteiger partial charge on any atom is -0.320 e. The quantitative estimate of drug-likeness (QED) is 0.739. The fraction of sp³-hybridized carbons (Fsp3) is 0.133. The molecule has 2 aromatic rings. The number of nitrogens with one attached hydrogen (secondary N) is 1. The molecule has 0 saturated carbocycles. The summed E-state index contributed by atoms with van der Waals surface area (Å²) in [6.07, 6.45) is 0. The van der Waals surface area contributed by atoms with Crippen molar-refractivity contribution in [2.24, 2.45) is 0 Å². The van der Waals surface area contributed by atoms with Crippen molar-refractivity contribution >= 4 is 46.6 Å². The number of anilines is 1. The molecule has 0 aliphatic carbocycles. The van der Waals surface area contributed by atoms with E-state index in [0.29, 0.717) is 14.9 Å². The first-order chi connectivity index (χ1) is 10.4. The Labute approximate surface area is 140 Å². The Kier molecular flexibility index (Phi) is 5.67. The summed E-state index contributed by atoms with van der Waals surface area (Å²) in [5.74, 6) is -2.22. The van der Waals surface area contributed by atoms with Crippen molar-refractivity contribution in [2.45, 2.75) is 17.1 Å². The molecule has 0 fully saturated rings. The normalized spacial score (nSPS) is 12.0. The largest absolute Gasteiger partial charge is 0.320 e. The molecule has 0 saturated heterocycles. The number of thioether (sulfide) groups is 1. The van der Waals surface area contributed by atoms with Gasteiger partial charge in [-0.3, -0.25) is 4.79 Å². The second kappa shape index (κ2) is 7.31. The van der Waals surface area contributed by atoms with Gasteiger partial charge in [-0.2, -0.15) is 0 Å². The molecular weight excluding hydrogens is 351 g/mol. The topological polar surface area (TPSA) is 29.1 Å². The zero-order chi connectivity index (χ0) is 16.3. The molecule has 0 radical (unpaired) electrons. The summed E-state index contributed by atoms with van der Waals surface area (Å²) < 4.78 is 27.1. The number of amides is 1. The molecule has 2 nitrogen and oxygen atoms in total. The third kappa shape index (κ3) is 3.91. The van der Waals surface area contributed by atoms with Crippen LogP contribution in [0.25, 0.3) is 0 Å². The molecule has 0 heterocycles. The lowest BCUT2D eigenvalue weighted by atomic mass is 10.3. The summed E-state index contributed by atoms with van der Waals surface area (Å²) in [4.78, 5) is 12.6. The van der Waals surface area contributed by atoms with E-state index in [1.54, 1.807) is 25.1 Å². The molecular formula is C15H11Cl2F2NOS. The van der Waals surface area contributed by atoms with Crippen molar-refractivity contribution in [2.75, 3.05) is 5.32 Å². The summed E-state index contributed by atoms with van der Waals surface area (Å²) >= 11 is 13.2. The first-order valence-electron chi connectivity index (χ1n) is 6.25. The number of hydrogen-bond donors (Lipinski definition) is 1. The maximum atomic E-state index is 13.5. The average molecular weight is 362 g/mol. The van der Waals surface area contributed by atoms with Crippen LogP contribution in [0.15, 0.2) is 41.3 Å². The highest BCUT2D eigenvalue weighted by Gasteiger charge is 2.20. The molecule has 1 amide bonds. The first kappa shape index (κ1) is 17.1. The second-order valence-electron chi connectivity index (χ2n) is 4.40. The molecule has 2 aromatic carbocycles. The predicted octanol–water partition coefficient (Wildman–Crippen LogP) is 5.39. The van der Waals surface area contributed by atoms with E-state index in [-0.39, 0.29) is 0 Å². The number of carbonyl (C=O) groups excluding carboxylic acids is 1. The molecule has 116 valence electrons. The van der Waals surface area contributed by atoms with E-state index >= 15 is 0 Å². The van der Waals surface area contributed by atoms with Gasteiger partial charge in [-0.05, 0) is 31.2 Å². The lowest BCUT2D eigenvalue weighted by molar-refractivity contribution is -0.115. The molecule has 7 heteroatoms. The zero-order valence-corrected chi connectivity index (χ0v) is 13.7. The van der Waals surface area contributed by atoms with Crippen LogP contribution in [0.1, 0.15) is 6.92 Å². The highest BCUT2D eigenvalue weighted by atomic mass is 35.5. The smallest absolute Gasteiger partial charge is 0.237 e. The van der Waals surface area contributed by atoms with Gasteiger partial charge in [0.1, 0.15) is 17.3 Å². The fourth-order valence-electron chi connectivity index (χ4n) is 1.67. The van der Waals surface area contributed by atoms with E-state index in [2.05, 4.69) is 5.32 Å². The SMILES string of the molecule is C[C@@H](Sc1c(Cl)cccc1Cl)C(=O)Nc1c(F)cccc1F. The average Bonchev–Trinajstić information content (AvgIpc) is 2.46. The van der Waals surface area contributed by atoms with Gasteiger partial charge in [0.05, 0.1) is 15.3 Å². The fourth-order valence-corrected chi connectivity index (χ4v) is 3.21. The van der Waals surface area contributed by atoms with Crippen LogP contribution in [0.2, 0.25) is 10.0 Å². The highest BCUT2D eigenvalue weighted by molar-refractivity contribution is 8.00. The van der Waals surface area contributed by atoms with Gasteiger partial charge in [-0.25, -0.2) is 8.78 Å². The summed E-state index contributed by atoms with van der Waals surface area (Å²) in [5.41, 5.74) is -0.467. The van der Waals surface area contributed by atoms with E-state index in [1.807, 2.05) is 0 Å². The summed E-state index contributed by atoms with van der Waals surface area (Å²) in [7, 11) is 0. The van der Waals surface area contributed by atoms with Crippen molar-refractivity contribution in [1.82, 2.24) is 0 Å². The van der Waals surface area contributed by atoms with Crippen LogP contribution in [0.3, 0.4) is 0 Å². The first-order valence-corrected chi connectivity index (χ1v) is 7.89. The van der Waals surface area contributed by atoms with Crippen molar-refractivity contribution in [3.05, 3.63) is 58.1 Å². The van der Waals surface area contributed by atoms with Crippen molar-refractivity contribution in [1.29, 1.82) is 0 Å². The summed E-state index contributed by atoms with van der Waals surface area (Å²) in [5, 5.41) is 2.42. The van der Waals surface area contributed by atoms with Gasteiger partial charge < -0.3 is 5.32 Å². The maximum Gasteiger partial charge on any atom is 0.237 e. The van der Waals surface area contributed by atoms with Gasteiger partial charge in [0.25, 0.3) is 0 Å². The Morgan fingerprint density at radius 3 is 2.14 bits per heavy atom. The van der Waals surface area contributed by atoms with E-state index in [1.165, 1.54) is 6.07 Å². The lowest BCUT2D eigenvalue weighted by Gasteiger charge is -2.14. The van der Waals surface area contributed by atoms with Crippen LogP contribution in [0, 0.1) is 11.6 Å². The molecule has 0 aliphatic rings. The maximum absolute atomic E-state index is 13.5. The summed E-state index contributed by atoms with van der Waals surface area (Å²) in [6, 6.07) is 8.35. The van der Waals surface area contributed by atoms with E-state index in [0.717, 1.165) is 23.9 Å². The molecule has 0 spiro atoms. The Hall–Kier alpha value is -1.30. The highest BCUT2D eigenvalue weighted by Crippen LogP contribution is 2.36. The Morgan fingerprint density at radius 2 is 1.59 bits per heavy atom. The third-order valence-electron chi connectivity index (χ3n) is 2.79. The van der Waals surface area contributed by atoms with Gasteiger partial charge in [0.2, 0.25) is 5.91 Å². The Morgan fingerprint density at radius 1 is 1.09 bits per heavy atom. The number of benzene rings is 2. The number of para-hydroxylation sites is 1. The lowest BCUT2D eigenvalue weighted by Crippen LogP contribution is -2.23. The van der Waals surface area contributed by atoms with Crippen molar-refractivity contribution in [3.63, 3.8) is 0 Å². The van der Waals surface area contributed by atoms with Gasteiger partial charge in [-0.15, -0.1) is 11.8 Å². The second-order valence-corrected chi connectivity index (χ2v) is 6.56. The molecule has 0 aromatic heterocycles. The third-order valence-corrected chi connectivity index (χ3v) is 4.89. The van der Waals surface area contributed by atoms with Crippen molar-refractivity contribution < 1.29 is 13.6 Å². The molecule has 0 aliphatic heterocycles. The molecule has 0 unspecified atom stereocenters. The molecule has 22 heavy (non-hydrogen) atoms. The van der Waals surface area contributed by atoms with Gasteiger partial charge in [-0.1, -0.05) is 35.3 Å². The standard InChI is InChI=1S/C15H11Cl2F2NOS/c1-8(22-14-9(16)4-2-5-10(14)17)15(21)20-13-11(18)6-3-7-12(13)19/h2-8H,1H3,(H,20,21)/t8-/m1/s1. The molecule has 2 rings (SSSR count). The van der Waals surface area contributed by atoms with Crippen LogP contribution in [-0.4, -0.2) is 11.2 Å². The van der Waals surface area contributed by atoms with Crippen molar-refractivity contribution in [3.8, 4) is 0 Å². The van der Waals surface area contributed by atoms with E-state index < -0.39 is 28.5 Å². The number of hydrogen-bond acceptors (Lipinski definition) is 2. The molecule has 1 N–H and O–H groups in total. The van der Waals surface area contributed by atoms with Crippen LogP contribution < -0.4 is 5.32 Å². The number of halogens is 4.